The topological polar surface area (TPSA) is 41.1 Å². The van der Waals surface area contributed by atoms with Gasteiger partial charge >= 0.3 is 12.4 Å². The van der Waals surface area contributed by atoms with E-state index in [-0.39, 0.29) is 35.7 Å². The highest BCUT2D eigenvalue weighted by Gasteiger charge is 2.49. The number of thiocarbonyl (C=S) groups is 1. The number of nitrogens with one attached hydrogen (secondary N) is 2. The molecule has 1 saturated carbocycles. The Bertz CT molecular complexity index is 1220. The van der Waals surface area contributed by atoms with Crippen LogP contribution in [0.4, 0.5) is 26.3 Å². The second-order valence-corrected chi connectivity index (χ2v) is 10.7. The number of hydrogen-bond donors (Lipinski definition) is 2. The van der Waals surface area contributed by atoms with Gasteiger partial charge in [-0.15, -0.1) is 0 Å². The summed E-state index contributed by atoms with van der Waals surface area (Å²) in [6.45, 7) is -1.32. The molecule has 200 valence electrons. The Morgan fingerprint density at radius 2 is 1.68 bits per heavy atom. The maximum atomic E-state index is 13.8. The number of hydrogen-bond acceptors (Lipinski definition) is 2. The molecule has 1 atom stereocenters. The predicted molar refractivity (Wildman–Crippen MR) is 140 cm³/mol. The lowest BCUT2D eigenvalue weighted by atomic mass is 9.97. The minimum absolute atomic E-state index is 0.0559. The number of allylic oxidation sites excluding steroid dienone is 1. The van der Waals surface area contributed by atoms with Crippen LogP contribution in [0.5, 0.6) is 0 Å². The first-order valence-electron chi connectivity index (χ1n) is 10.4. The molecule has 0 bridgehead atoms. The number of carbonyl (C=O) groups is 1. The number of rotatable bonds is 7. The van der Waals surface area contributed by atoms with Crippen LogP contribution in [0.25, 0.3) is 6.08 Å². The number of alkyl halides is 6. The Labute approximate surface area is 236 Å². The molecule has 14 heteroatoms. The molecule has 2 N–H and O–H groups in total. The first kappa shape index (κ1) is 30.0. The molecule has 2 aromatic rings. The molecule has 0 radical (unpaired) electrons. The quantitative estimate of drug-likeness (QED) is 0.177. The van der Waals surface area contributed by atoms with Crippen molar-refractivity contribution in [3.05, 3.63) is 72.6 Å². The zero-order valence-electron chi connectivity index (χ0n) is 18.3. The fraction of sp³-hybridized carbons (Fsp3) is 0.304. The van der Waals surface area contributed by atoms with Gasteiger partial charge in [0.15, 0.2) is 0 Å². The second-order valence-electron chi connectivity index (χ2n) is 8.25. The molecule has 0 saturated heterocycles. The lowest BCUT2D eigenvalue weighted by Crippen LogP contribution is -2.49. The fourth-order valence-electron chi connectivity index (χ4n) is 3.36. The summed E-state index contributed by atoms with van der Waals surface area (Å²) in [6, 6.07) is 6.40. The summed E-state index contributed by atoms with van der Waals surface area (Å²) >= 11 is 25.9. The molecule has 2 aromatic carbocycles. The highest BCUT2D eigenvalue weighted by atomic mass is 79.9. The fourth-order valence-corrected chi connectivity index (χ4v) is 4.88. The molecule has 3 nitrogen and oxygen atoms in total. The molecular weight excluding hydrogens is 653 g/mol. The summed E-state index contributed by atoms with van der Waals surface area (Å²) in [4.78, 5) is 12.6. The van der Waals surface area contributed by atoms with Crippen LogP contribution in [0.2, 0.25) is 15.1 Å². The van der Waals surface area contributed by atoms with E-state index in [0.717, 1.165) is 18.2 Å². The highest BCUT2D eigenvalue weighted by Crippen LogP contribution is 2.41. The van der Waals surface area contributed by atoms with Crippen molar-refractivity contribution < 1.29 is 31.1 Å². The van der Waals surface area contributed by atoms with Gasteiger partial charge in [0.2, 0.25) is 0 Å². The van der Waals surface area contributed by atoms with Gasteiger partial charge in [0.1, 0.15) is 11.5 Å². The van der Waals surface area contributed by atoms with E-state index in [0.29, 0.717) is 18.4 Å². The van der Waals surface area contributed by atoms with Crippen LogP contribution in [-0.2, 0) is 0 Å². The number of carbonyl (C=O) groups excluding carboxylic acids is 1. The Balaban J connectivity index is 1.76. The van der Waals surface area contributed by atoms with Gasteiger partial charge in [-0.25, -0.2) is 0 Å². The van der Waals surface area contributed by atoms with Gasteiger partial charge in [0.25, 0.3) is 5.91 Å². The summed E-state index contributed by atoms with van der Waals surface area (Å²) in [5.74, 6) is -2.64. The van der Waals surface area contributed by atoms with Gasteiger partial charge in [0.05, 0.1) is 32.1 Å². The third kappa shape index (κ3) is 7.75. The molecule has 3 rings (SSSR count). The second kappa shape index (κ2) is 11.3. The normalized spacial score (nSPS) is 15.9. The first-order chi connectivity index (χ1) is 17.0. The average molecular weight is 669 g/mol. The summed E-state index contributed by atoms with van der Waals surface area (Å²) in [5.41, 5.74) is -0.808. The standard InChI is InChI=1S/C23H16BrCl3F6N2OS/c24-15-7-11(2-4-14(23(31,32)33)12-8-16(25)18(27)17(26)9-12)1-3-13(15)19(36)35-21(5-6-21)20(37)34-10-22(28,29)30/h1-4,7-9,14H,5-6,10H2,(H,34,37)(H,35,36). The van der Waals surface area contributed by atoms with E-state index in [1.54, 1.807) is 0 Å². The zero-order chi connectivity index (χ0) is 27.8. The van der Waals surface area contributed by atoms with Gasteiger partial charge in [-0.3, -0.25) is 4.79 Å². The van der Waals surface area contributed by atoms with E-state index >= 15 is 0 Å². The number of halogens is 10. The summed E-state index contributed by atoms with van der Waals surface area (Å²) in [6.07, 6.45) is -6.24. The minimum Gasteiger partial charge on any atom is -0.369 e. The third-order valence-corrected chi connectivity index (χ3v) is 7.81. The highest BCUT2D eigenvalue weighted by molar-refractivity contribution is 9.10. The van der Waals surface area contributed by atoms with Gasteiger partial charge in [-0.05, 0) is 64.2 Å². The van der Waals surface area contributed by atoms with Crippen LogP contribution in [0.1, 0.15) is 40.2 Å². The van der Waals surface area contributed by atoms with E-state index in [1.807, 2.05) is 0 Å². The van der Waals surface area contributed by atoms with Gasteiger partial charge < -0.3 is 10.6 Å². The monoisotopic (exact) mass is 666 g/mol. The van der Waals surface area contributed by atoms with Crippen molar-refractivity contribution in [2.45, 2.75) is 36.7 Å². The molecule has 0 aromatic heterocycles. The van der Waals surface area contributed by atoms with Gasteiger partial charge in [0, 0.05) is 4.47 Å². The van der Waals surface area contributed by atoms with Gasteiger partial charge in [-0.1, -0.05) is 65.2 Å². The van der Waals surface area contributed by atoms with Crippen LogP contribution in [-0.4, -0.2) is 35.3 Å². The van der Waals surface area contributed by atoms with Crippen LogP contribution in [0.15, 0.2) is 40.9 Å². The third-order valence-electron chi connectivity index (χ3n) is 5.42. The van der Waals surface area contributed by atoms with E-state index in [1.165, 1.54) is 24.3 Å². The SMILES string of the molecule is O=C(NC1(C(=S)NCC(F)(F)F)CC1)c1ccc(C=CC(c2cc(Cl)c(Cl)c(Cl)c2)C(F)(F)F)cc1Br. The van der Waals surface area contributed by atoms with E-state index in [9.17, 15) is 31.1 Å². The van der Waals surface area contributed by atoms with Crippen molar-refractivity contribution in [3.8, 4) is 0 Å². The maximum Gasteiger partial charge on any atom is 0.405 e. The van der Waals surface area contributed by atoms with Crippen molar-refractivity contribution >= 4 is 79.9 Å². The molecule has 1 aliphatic rings. The molecule has 1 amide bonds. The Hall–Kier alpha value is -1.53. The average Bonchev–Trinajstić information content (AvgIpc) is 3.55. The Morgan fingerprint density at radius 3 is 2.16 bits per heavy atom. The lowest BCUT2D eigenvalue weighted by Gasteiger charge is -2.21. The van der Waals surface area contributed by atoms with E-state index in [4.69, 9.17) is 47.0 Å². The minimum atomic E-state index is -4.66. The molecule has 0 heterocycles. The molecule has 1 fully saturated rings. The maximum absolute atomic E-state index is 13.8. The molecule has 1 unspecified atom stereocenters. The van der Waals surface area contributed by atoms with Crippen molar-refractivity contribution in [3.63, 3.8) is 0 Å². The van der Waals surface area contributed by atoms with Crippen molar-refractivity contribution in [2.75, 3.05) is 6.54 Å². The molecule has 37 heavy (non-hydrogen) atoms. The van der Waals surface area contributed by atoms with E-state index in [2.05, 4.69) is 26.6 Å². The van der Waals surface area contributed by atoms with E-state index < -0.39 is 36.3 Å². The number of amides is 1. The first-order valence-corrected chi connectivity index (χ1v) is 12.7. The summed E-state index contributed by atoms with van der Waals surface area (Å²) < 4.78 is 78.9. The largest absolute Gasteiger partial charge is 0.405 e. The molecular formula is C23H16BrCl3F6N2OS. The summed E-state index contributed by atoms with van der Waals surface area (Å²) in [7, 11) is 0. The predicted octanol–water partition coefficient (Wildman–Crippen LogP) is 8.51. The molecule has 0 spiro atoms. The number of benzene rings is 2. The van der Waals surface area contributed by atoms with Gasteiger partial charge in [-0.2, -0.15) is 26.3 Å². The van der Waals surface area contributed by atoms with Crippen molar-refractivity contribution in [1.29, 1.82) is 0 Å². The smallest absolute Gasteiger partial charge is 0.369 e. The van der Waals surface area contributed by atoms with Crippen LogP contribution < -0.4 is 10.6 Å². The summed E-state index contributed by atoms with van der Waals surface area (Å²) in [5, 5.41) is 4.47. The van der Waals surface area contributed by atoms with Crippen molar-refractivity contribution in [1.82, 2.24) is 10.6 Å². The van der Waals surface area contributed by atoms with Crippen LogP contribution in [0, 0.1) is 0 Å². The Morgan fingerprint density at radius 1 is 1.08 bits per heavy atom. The molecule has 1 aliphatic carbocycles. The Kier molecular flexibility index (Phi) is 9.16. The zero-order valence-corrected chi connectivity index (χ0v) is 23.0. The van der Waals surface area contributed by atoms with Crippen molar-refractivity contribution in [2.24, 2.45) is 0 Å². The molecule has 0 aliphatic heterocycles. The lowest BCUT2D eigenvalue weighted by molar-refractivity contribution is -0.139. The van der Waals surface area contributed by atoms with Crippen LogP contribution >= 0.6 is 63.0 Å². The van der Waals surface area contributed by atoms with Crippen LogP contribution in [0.3, 0.4) is 0 Å².